The summed E-state index contributed by atoms with van der Waals surface area (Å²) in [4.78, 5) is 91.0. The lowest BCUT2D eigenvalue weighted by atomic mass is 9.85. The van der Waals surface area contributed by atoms with Gasteiger partial charge in [0.05, 0.1) is 12.1 Å². The van der Waals surface area contributed by atoms with Crippen molar-refractivity contribution in [3.05, 3.63) is 131 Å². The summed E-state index contributed by atoms with van der Waals surface area (Å²) in [6.07, 6.45) is 4.32. The zero-order chi connectivity index (χ0) is 54.5. The molecule has 0 spiro atoms. The first-order valence-electron chi connectivity index (χ1n) is 26.8. The van der Waals surface area contributed by atoms with Crippen LogP contribution < -0.4 is 26.0 Å². The van der Waals surface area contributed by atoms with E-state index >= 15 is 0 Å². The van der Waals surface area contributed by atoms with Crippen molar-refractivity contribution in [2.75, 3.05) is 53.4 Å². The van der Waals surface area contributed by atoms with E-state index in [4.69, 9.17) is 4.74 Å². The predicted octanol–water partition coefficient (Wildman–Crippen LogP) is 7.11. The number of likely N-dealkylation sites (N-methyl/N-ethyl adjacent to an activating group) is 2. The summed E-state index contributed by atoms with van der Waals surface area (Å²) in [6, 6.07) is 31.2. The number of rotatable bonds is 22. The average Bonchev–Trinajstić information content (AvgIpc) is 4.08. The summed E-state index contributed by atoms with van der Waals surface area (Å²) in [7, 11) is 3.42. The summed E-state index contributed by atoms with van der Waals surface area (Å²) in [5.74, 6) is -0.0774. The first-order valence-corrected chi connectivity index (χ1v) is 26.8. The van der Waals surface area contributed by atoms with Gasteiger partial charge in [-0.2, -0.15) is 0 Å². The topological polar surface area (TPSA) is 173 Å². The molecule has 15 nitrogen and oxygen atoms in total. The summed E-state index contributed by atoms with van der Waals surface area (Å²) in [6.45, 7) is 17.9. The van der Waals surface area contributed by atoms with E-state index in [0.717, 1.165) is 36.8 Å². The molecule has 2 aliphatic rings. The number of nitrogens with one attached hydrogen (secondary N) is 4. The molecule has 0 aliphatic carbocycles. The van der Waals surface area contributed by atoms with Crippen molar-refractivity contribution in [2.45, 2.75) is 130 Å². The van der Waals surface area contributed by atoms with Gasteiger partial charge in [0, 0.05) is 62.5 Å². The molecule has 2 aliphatic heterocycles. The Morgan fingerprint density at radius 2 is 0.893 bits per heavy atom. The molecule has 2 heterocycles. The highest BCUT2D eigenvalue weighted by molar-refractivity contribution is 5.96. The van der Waals surface area contributed by atoms with Crippen molar-refractivity contribution in [3.8, 4) is 11.5 Å². The van der Waals surface area contributed by atoms with E-state index in [-0.39, 0.29) is 47.5 Å². The Morgan fingerprint density at radius 1 is 0.547 bits per heavy atom. The van der Waals surface area contributed by atoms with Gasteiger partial charge in [-0.25, -0.2) is 0 Å². The molecule has 2 fully saturated rings. The van der Waals surface area contributed by atoms with Gasteiger partial charge < -0.3 is 45.6 Å². The van der Waals surface area contributed by atoms with Crippen molar-refractivity contribution in [2.24, 2.45) is 10.8 Å². The van der Waals surface area contributed by atoms with Crippen LogP contribution in [0.2, 0.25) is 0 Å². The number of hydrogen-bond acceptors (Lipinski definition) is 9. The molecule has 0 bridgehead atoms. The Morgan fingerprint density at radius 3 is 1.21 bits per heavy atom. The van der Waals surface area contributed by atoms with Gasteiger partial charge >= 0.3 is 0 Å². The van der Waals surface area contributed by atoms with Crippen molar-refractivity contribution >= 4 is 35.4 Å². The predicted molar refractivity (Wildman–Crippen MR) is 294 cm³/mol. The van der Waals surface area contributed by atoms with Gasteiger partial charge in [0.25, 0.3) is 11.8 Å². The van der Waals surface area contributed by atoms with Crippen LogP contribution in [0.1, 0.15) is 113 Å². The number of benzene rings is 4. The van der Waals surface area contributed by atoms with E-state index in [1.54, 1.807) is 76.5 Å². The molecule has 0 unspecified atom stereocenters. The smallest absolute Gasteiger partial charge is 0.253 e. The zero-order valence-corrected chi connectivity index (χ0v) is 46.0. The van der Waals surface area contributed by atoms with E-state index < -0.39 is 35.0 Å². The second-order valence-electron chi connectivity index (χ2n) is 22.4. The van der Waals surface area contributed by atoms with Crippen LogP contribution in [0.15, 0.2) is 109 Å². The Kier molecular flexibility index (Phi) is 20.2. The highest BCUT2D eigenvalue weighted by Crippen LogP contribution is 2.30. The minimum Gasteiger partial charge on any atom is -0.457 e. The third kappa shape index (κ3) is 15.7. The van der Waals surface area contributed by atoms with Crippen LogP contribution >= 0.6 is 0 Å². The summed E-state index contributed by atoms with van der Waals surface area (Å²) < 4.78 is 6.27. The Balaban J connectivity index is 1.15. The zero-order valence-electron chi connectivity index (χ0n) is 46.0. The van der Waals surface area contributed by atoms with Gasteiger partial charge in [0.1, 0.15) is 23.6 Å². The summed E-state index contributed by atoms with van der Waals surface area (Å²) in [5, 5.41) is 11.9. The van der Waals surface area contributed by atoms with Gasteiger partial charge in [-0.3, -0.25) is 28.8 Å². The SMILES string of the molecule is CN[C@@H](C)C(=O)N[C@H](C(=O)N1CCC[C@@H]1CN(CCc1ccccc1)C(=O)c1ccc(Oc2ccc(C(=O)N(CCc3ccccc3)C[C@H]3CCCN3C(=O)[C@@H](NC(=O)[C@H](C)NC)C(C)(C)C)cc2)cc1)C(C)(C)C. The molecule has 4 N–H and O–H groups in total. The van der Waals surface area contributed by atoms with Crippen LogP contribution in [-0.4, -0.2) is 145 Å². The van der Waals surface area contributed by atoms with Gasteiger partial charge in [-0.05, 0) is 137 Å². The molecule has 0 aromatic heterocycles. The van der Waals surface area contributed by atoms with Crippen molar-refractivity contribution in [1.82, 2.24) is 40.9 Å². The molecule has 6 rings (SSSR count). The largest absolute Gasteiger partial charge is 0.457 e. The van der Waals surface area contributed by atoms with E-state index in [0.29, 0.717) is 74.7 Å². The third-order valence-electron chi connectivity index (χ3n) is 14.7. The van der Waals surface area contributed by atoms with E-state index in [2.05, 4.69) is 21.3 Å². The van der Waals surface area contributed by atoms with Gasteiger partial charge in [-0.1, -0.05) is 102 Å². The minimum absolute atomic E-state index is 0.144. The maximum absolute atomic E-state index is 14.5. The maximum atomic E-state index is 14.5. The third-order valence-corrected chi connectivity index (χ3v) is 14.7. The standard InChI is InChI=1S/C60H82N8O7/c1-41(61-9)53(69)63-51(59(3,4)5)57(73)67-35-17-23-47(67)39-65(37-33-43-19-13-11-14-20-43)55(71)45-25-29-49(30-26-45)75-50-31-27-46(28-32-50)56(72)66(38-34-44-21-15-12-16-22-44)40-48-24-18-36-68(48)58(74)52(60(6,7)8)64-54(70)42(2)62-10/h11-16,19-22,25-32,41-42,47-48,51-52,61-62H,17-18,23-24,33-40H2,1-10H3,(H,63,69)(H,64,70)/t41-,42-,47+,48+,51+,52+/m0/s1. The monoisotopic (exact) mass is 1030 g/mol. The Hall–Kier alpha value is -6.58. The first-order chi connectivity index (χ1) is 35.7. The number of carbonyl (C=O) groups excluding carboxylic acids is 6. The fourth-order valence-corrected chi connectivity index (χ4v) is 9.77. The first kappa shape index (κ1) is 57.7. The molecule has 404 valence electrons. The van der Waals surface area contributed by atoms with Crippen LogP contribution in [0.5, 0.6) is 11.5 Å². The fraction of sp³-hybridized carbons (Fsp3) is 0.500. The second-order valence-corrected chi connectivity index (χ2v) is 22.4. The number of amides is 6. The molecule has 0 radical (unpaired) electrons. The second kappa shape index (κ2) is 26.3. The summed E-state index contributed by atoms with van der Waals surface area (Å²) >= 11 is 0. The van der Waals surface area contributed by atoms with Crippen LogP contribution in [0.25, 0.3) is 0 Å². The van der Waals surface area contributed by atoms with Gasteiger partial charge in [-0.15, -0.1) is 0 Å². The lowest BCUT2D eigenvalue weighted by Crippen LogP contribution is -2.59. The molecule has 6 atom stereocenters. The molecule has 75 heavy (non-hydrogen) atoms. The van der Waals surface area contributed by atoms with E-state index in [1.807, 2.05) is 122 Å². The fourth-order valence-electron chi connectivity index (χ4n) is 9.77. The highest BCUT2D eigenvalue weighted by atomic mass is 16.5. The normalized spacial score (nSPS) is 17.4. The minimum atomic E-state index is -0.743. The highest BCUT2D eigenvalue weighted by Gasteiger charge is 2.42. The lowest BCUT2D eigenvalue weighted by molar-refractivity contribution is -0.141. The van der Waals surface area contributed by atoms with Crippen molar-refractivity contribution in [3.63, 3.8) is 0 Å². The Bertz CT molecular complexity index is 2350. The van der Waals surface area contributed by atoms with Crippen molar-refractivity contribution in [1.29, 1.82) is 0 Å². The lowest BCUT2D eigenvalue weighted by Gasteiger charge is -2.37. The van der Waals surface area contributed by atoms with Crippen molar-refractivity contribution < 1.29 is 33.5 Å². The van der Waals surface area contributed by atoms with Crippen LogP contribution in [0, 0.1) is 10.8 Å². The molecule has 4 aromatic carbocycles. The van der Waals surface area contributed by atoms with Crippen LogP contribution in [-0.2, 0) is 32.0 Å². The number of ether oxygens (including phenoxy) is 1. The van der Waals surface area contributed by atoms with E-state index in [1.165, 1.54) is 0 Å². The number of likely N-dealkylation sites (tertiary alicyclic amines) is 2. The Labute approximate surface area is 445 Å². The molecule has 0 saturated carbocycles. The molecular weight excluding hydrogens is 945 g/mol. The number of hydrogen-bond donors (Lipinski definition) is 4. The molecular formula is C60H82N8O7. The number of carbonyl (C=O) groups is 6. The maximum Gasteiger partial charge on any atom is 0.253 e. The molecule has 15 heteroatoms. The van der Waals surface area contributed by atoms with Gasteiger partial charge in [0.15, 0.2) is 0 Å². The van der Waals surface area contributed by atoms with Gasteiger partial charge in [0.2, 0.25) is 23.6 Å². The van der Waals surface area contributed by atoms with Crippen LogP contribution in [0.4, 0.5) is 0 Å². The molecule has 4 aromatic rings. The molecule has 2 saturated heterocycles. The van der Waals surface area contributed by atoms with E-state index in [9.17, 15) is 28.8 Å². The summed E-state index contributed by atoms with van der Waals surface area (Å²) in [5.41, 5.74) is 2.06. The number of nitrogens with zero attached hydrogens (tertiary/aromatic N) is 4. The molecule has 6 amide bonds. The average molecular weight is 1030 g/mol. The quantitative estimate of drug-likeness (QED) is 0.0641. The van der Waals surface area contributed by atoms with Crippen LogP contribution in [0.3, 0.4) is 0 Å².